The number of benzene rings is 1. The monoisotopic (exact) mass is 359 g/mol. The van der Waals surface area contributed by atoms with Crippen LogP contribution in [0.1, 0.15) is 44.6 Å². The Morgan fingerprint density at radius 3 is 2.81 bits per heavy atom. The molecule has 5 rings (SSSR count). The van der Waals surface area contributed by atoms with Crippen LogP contribution in [-0.4, -0.2) is 12.3 Å². The fraction of sp³-hybridized carbons (Fsp3) is 0.375. The van der Waals surface area contributed by atoms with Crippen molar-refractivity contribution in [3.05, 3.63) is 81.8 Å². The Bertz CT molecular complexity index is 932. The second-order valence-electron chi connectivity index (χ2n) is 8.06. The Morgan fingerprint density at radius 2 is 2.00 bits per heavy atom. The zero-order valence-electron chi connectivity index (χ0n) is 15.8. The predicted molar refractivity (Wildman–Crippen MR) is 106 cm³/mol. The molecule has 3 heteroatoms. The summed E-state index contributed by atoms with van der Waals surface area (Å²) in [6.45, 7) is 3.25. The quantitative estimate of drug-likeness (QED) is 0.844. The third kappa shape index (κ3) is 2.52. The molecule has 1 aromatic carbocycles. The summed E-state index contributed by atoms with van der Waals surface area (Å²) in [4.78, 5) is 12.2. The highest BCUT2D eigenvalue weighted by Gasteiger charge is 2.50. The number of hydrogen-bond acceptors (Lipinski definition) is 3. The molecule has 1 atom stereocenters. The minimum absolute atomic E-state index is 0.0457. The number of carbonyl (C=O) groups is 1. The molecule has 1 heterocycles. The molecular weight excluding hydrogens is 334 g/mol. The number of rotatable bonds is 4. The lowest BCUT2D eigenvalue weighted by Crippen LogP contribution is -2.32. The SMILES string of the molecule is CC(=O)C1=C2CCC34CNC=C3C(OCc3ccccc3)=CC4=C2CCC1. The lowest BCUT2D eigenvalue weighted by atomic mass is 9.65. The van der Waals surface area contributed by atoms with Crippen molar-refractivity contribution in [1.82, 2.24) is 5.32 Å². The van der Waals surface area contributed by atoms with E-state index in [1.807, 2.05) is 18.2 Å². The third-order valence-electron chi connectivity index (χ3n) is 6.59. The van der Waals surface area contributed by atoms with E-state index in [9.17, 15) is 4.79 Å². The molecule has 1 N–H and O–H groups in total. The highest BCUT2D eigenvalue weighted by Crippen LogP contribution is 2.58. The molecule has 4 aliphatic rings. The molecule has 0 fully saturated rings. The summed E-state index contributed by atoms with van der Waals surface area (Å²) < 4.78 is 6.28. The van der Waals surface area contributed by atoms with E-state index >= 15 is 0 Å². The lowest BCUT2D eigenvalue weighted by Gasteiger charge is -2.38. The highest BCUT2D eigenvalue weighted by molar-refractivity contribution is 5.95. The molecule has 1 spiro atoms. The zero-order chi connectivity index (χ0) is 18.4. The molecule has 0 saturated heterocycles. The minimum atomic E-state index is 0.0457. The Labute approximate surface area is 160 Å². The van der Waals surface area contributed by atoms with Crippen LogP contribution in [0.3, 0.4) is 0 Å². The Hall–Kier alpha value is -2.55. The van der Waals surface area contributed by atoms with Crippen LogP contribution in [-0.2, 0) is 16.1 Å². The van der Waals surface area contributed by atoms with E-state index in [0.717, 1.165) is 50.0 Å². The number of allylic oxidation sites excluding steroid dienone is 5. The van der Waals surface area contributed by atoms with Gasteiger partial charge in [0.1, 0.15) is 12.4 Å². The van der Waals surface area contributed by atoms with Crippen LogP contribution in [0.4, 0.5) is 0 Å². The second kappa shape index (κ2) is 6.26. The maximum atomic E-state index is 12.2. The molecule has 1 unspecified atom stereocenters. The van der Waals surface area contributed by atoms with E-state index in [4.69, 9.17) is 4.74 Å². The molecular formula is C24H25NO2. The zero-order valence-corrected chi connectivity index (χ0v) is 15.8. The number of ether oxygens (including phenoxy) is 1. The summed E-state index contributed by atoms with van der Waals surface area (Å²) in [5.41, 5.74) is 7.76. The normalized spacial score (nSPS) is 26.0. The Balaban J connectivity index is 1.55. The Morgan fingerprint density at radius 1 is 1.15 bits per heavy atom. The molecule has 3 aliphatic carbocycles. The first kappa shape index (κ1) is 16.6. The summed E-state index contributed by atoms with van der Waals surface area (Å²) in [5.74, 6) is 1.25. The van der Waals surface area contributed by atoms with Crippen molar-refractivity contribution in [2.75, 3.05) is 6.54 Å². The maximum absolute atomic E-state index is 12.2. The minimum Gasteiger partial charge on any atom is -0.489 e. The van der Waals surface area contributed by atoms with Crippen LogP contribution in [0, 0.1) is 5.41 Å². The fourth-order valence-electron chi connectivity index (χ4n) is 5.30. The first-order chi connectivity index (χ1) is 13.2. The fourth-order valence-corrected chi connectivity index (χ4v) is 5.30. The van der Waals surface area contributed by atoms with Gasteiger partial charge in [0.25, 0.3) is 0 Å². The van der Waals surface area contributed by atoms with Crippen molar-refractivity contribution in [2.24, 2.45) is 5.41 Å². The molecule has 3 nitrogen and oxygen atoms in total. The summed E-state index contributed by atoms with van der Waals surface area (Å²) in [5, 5.41) is 3.47. The van der Waals surface area contributed by atoms with Crippen LogP contribution in [0.25, 0.3) is 0 Å². The van der Waals surface area contributed by atoms with Crippen molar-refractivity contribution in [2.45, 2.75) is 45.6 Å². The van der Waals surface area contributed by atoms with E-state index in [1.165, 1.54) is 27.9 Å². The number of hydrogen-bond donors (Lipinski definition) is 1. The summed E-state index contributed by atoms with van der Waals surface area (Å²) in [7, 11) is 0. The van der Waals surface area contributed by atoms with Crippen molar-refractivity contribution >= 4 is 5.78 Å². The van der Waals surface area contributed by atoms with Gasteiger partial charge in [-0.2, -0.15) is 0 Å². The average molecular weight is 359 g/mol. The maximum Gasteiger partial charge on any atom is 0.156 e. The van der Waals surface area contributed by atoms with Crippen molar-refractivity contribution in [3.8, 4) is 0 Å². The molecule has 1 aromatic rings. The van der Waals surface area contributed by atoms with Crippen molar-refractivity contribution in [1.29, 1.82) is 0 Å². The molecule has 0 amide bonds. The van der Waals surface area contributed by atoms with Crippen LogP contribution in [0.2, 0.25) is 0 Å². The van der Waals surface area contributed by atoms with Crippen molar-refractivity contribution in [3.63, 3.8) is 0 Å². The molecule has 0 radical (unpaired) electrons. The van der Waals surface area contributed by atoms with Gasteiger partial charge in [-0.25, -0.2) is 0 Å². The van der Waals surface area contributed by atoms with Gasteiger partial charge in [-0.15, -0.1) is 0 Å². The van der Waals surface area contributed by atoms with Gasteiger partial charge < -0.3 is 10.1 Å². The molecule has 0 saturated carbocycles. The van der Waals surface area contributed by atoms with Gasteiger partial charge in [0.15, 0.2) is 5.78 Å². The summed E-state index contributed by atoms with van der Waals surface area (Å²) >= 11 is 0. The number of fused-ring (bicyclic) bond motifs is 1. The molecule has 0 bridgehead atoms. The topological polar surface area (TPSA) is 38.3 Å². The molecule has 138 valence electrons. The van der Waals surface area contributed by atoms with Crippen LogP contribution >= 0.6 is 0 Å². The Kier molecular flexibility index (Phi) is 3.85. The largest absolute Gasteiger partial charge is 0.489 e. The van der Waals surface area contributed by atoms with Crippen LogP contribution in [0.5, 0.6) is 0 Å². The number of ketones is 1. The van der Waals surface area contributed by atoms with Gasteiger partial charge in [0.2, 0.25) is 0 Å². The van der Waals surface area contributed by atoms with E-state index in [0.29, 0.717) is 6.61 Å². The standard InChI is InChI=1S/C24H25NO2/c1-16(26)18-8-5-9-20-19(18)10-11-24-15-25-13-22(24)23(12-21(20)24)27-14-17-6-3-2-4-7-17/h2-4,6-7,12-13,25H,5,8-11,14-15H2,1H3. The number of nitrogens with one attached hydrogen (secondary N) is 1. The average Bonchev–Trinajstić information content (AvgIpc) is 3.23. The first-order valence-electron chi connectivity index (χ1n) is 9.99. The van der Waals surface area contributed by atoms with Crippen molar-refractivity contribution < 1.29 is 9.53 Å². The smallest absolute Gasteiger partial charge is 0.156 e. The van der Waals surface area contributed by atoms with E-state index in [-0.39, 0.29) is 11.2 Å². The van der Waals surface area contributed by atoms with Gasteiger partial charge in [0, 0.05) is 23.7 Å². The summed E-state index contributed by atoms with van der Waals surface area (Å²) in [6.07, 6.45) is 9.59. The van der Waals surface area contributed by atoms with Gasteiger partial charge in [-0.3, -0.25) is 4.79 Å². The van der Waals surface area contributed by atoms with Gasteiger partial charge in [0.05, 0.1) is 0 Å². The van der Waals surface area contributed by atoms with E-state index < -0.39 is 0 Å². The molecule has 0 aromatic heterocycles. The van der Waals surface area contributed by atoms with E-state index in [1.54, 1.807) is 6.92 Å². The molecule has 1 aliphatic heterocycles. The van der Waals surface area contributed by atoms with E-state index in [2.05, 4.69) is 29.7 Å². The molecule has 27 heavy (non-hydrogen) atoms. The number of Topliss-reactive ketones (excluding diaryl/α,β-unsaturated/α-hetero) is 1. The van der Waals surface area contributed by atoms with Gasteiger partial charge >= 0.3 is 0 Å². The van der Waals surface area contributed by atoms with Crippen LogP contribution in [0.15, 0.2) is 76.2 Å². The number of carbonyl (C=O) groups excluding carboxylic acids is 1. The highest BCUT2D eigenvalue weighted by atomic mass is 16.5. The predicted octanol–water partition coefficient (Wildman–Crippen LogP) is 4.73. The van der Waals surface area contributed by atoms with Gasteiger partial charge in [-0.05, 0) is 73.0 Å². The lowest BCUT2D eigenvalue weighted by molar-refractivity contribution is -0.113. The third-order valence-corrected chi connectivity index (χ3v) is 6.59. The first-order valence-corrected chi connectivity index (χ1v) is 9.99. The second-order valence-corrected chi connectivity index (χ2v) is 8.06. The van der Waals surface area contributed by atoms with Gasteiger partial charge in [-0.1, -0.05) is 30.3 Å². The summed E-state index contributed by atoms with van der Waals surface area (Å²) in [6, 6.07) is 10.3. The van der Waals surface area contributed by atoms with Crippen LogP contribution < -0.4 is 5.32 Å².